The summed E-state index contributed by atoms with van der Waals surface area (Å²) in [5, 5.41) is 21.9. The van der Waals surface area contributed by atoms with Crippen LogP contribution in [-0.4, -0.2) is 22.2 Å². The van der Waals surface area contributed by atoms with E-state index in [-0.39, 0.29) is 17.5 Å². The Morgan fingerprint density at radius 3 is 2.12 bits per heavy atom. The van der Waals surface area contributed by atoms with Crippen LogP contribution < -0.4 is 11.1 Å². The van der Waals surface area contributed by atoms with Gasteiger partial charge in [0.15, 0.2) is 0 Å². The molecule has 0 saturated heterocycles. The molecule has 1 aromatic rings. The van der Waals surface area contributed by atoms with Gasteiger partial charge in [0.05, 0.1) is 0 Å². The van der Waals surface area contributed by atoms with Gasteiger partial charge in [-0.1, -0.05) is 0 Å². The van der Waals surface area contributed by atoms with Crippen molar-refractivity contribution in [3.05, 3.63) is 23.8 Å². The molecule has 1 unspecified atom stereocenters. The summed E-state index contributed by atoms with van der Waals surface area (Å²) in [6, 6.07) is 4.03. The molecule has 0 aliphatic rings. The number of nitrogens with one attached hydrogen (secondary N) is 1. The van der Waals surface area contributed by atoms with Crippen molar-refractivity contribution in [3.8, 4) is 11.5 Å². The molecule has 0 aliphatic heterocycles. The number of phenols is 2. The summed E-state index contributed by atoms with van der Waals surface area (Å²) in [5.41, 5.74) is 4.68. The van der Waals surface area contributed by atoms with Crippen molar-refractivity contribution < 1.29 is 15.0 Å². The lowest BCUT2D eigenvalue weighted by Crippen LogP contribution is -2.52. The van der Waals surface area contributed by atoms with Gasteiger partial charge in [-0.15, -0.1) is 0 Å². The number of amides is 1. The van der Waals surface area contributed by atoms with Gasteiger partial charge in [-0.3, -0.25) is 10.1 Å². The molecule has 5 N–H and O–H groups in total. The van der Waals surface area contributed by atoms with Crippen molar-refractivity contribution >= 4 is 5.91 Å². The first-order valence-corrected chi connectivity index (χ1v) is 5.37. The highest BCUT2D eigenvalue weighted by molar-refractivity contribution is 5.86. The van der Waals surface area contributed by atoms with Crippen molar-refractivity contribution in [2.45, 2.75) is 32.4 Å². The molecule has 5 nitrogen and oxygen atoms in total. The zero-order chi connectivity index (χ0) is 13.2. The molecule has 0 spiro atoms. The van der Waals surface area contributed by atoms with Gasteiger partial charge < -0.3 is 15.9 Å². The third-order valence-corrected chi connectivity index (χ3v) is 2.55. The Bertz CT molecular complexity index is 412. The van der Waals surface area contributed by atoms with E-state index in [1.807, 2.05) is 13.8 Å². The molecular weight excluding hydrogens is 220 g/mol. The molecule has 0 aliphatic carbocycles. The van der Waals surface area contributed by atoms with Gasteiger partial charge in [-0.25, -0.2) is 0 Å². The van der Waals surface area contributed by atoms with Gasteiger partial charge in [-0.05, 0) is 38.5 Å². The first-order valence-electron chi connectivity index (χ1n) is 5.37. The Balaban J connectivity index is 3.26. The molecule has 0 bridgehead atoms. The predicted molar refractivity (Wildman–Crippen MR) is 64.6 cm³/mol. The van der Waals surface area contributed by atoms with Crippen LogP contribution in [0.25, 0.3) is 0 Å². The second kappa shape index (κ2) is 4.63. The quantitative estimate of drug-likeness (QED) is 0.623. The van der Waals surface area contributed by atoms with Crippen LogP contribution in [0.1, 0.15) is 26.3 Å². The van der Waals surface area contributed by atoms with Gasteiger partial charge in [0, 0.05) is 12.1 Å². The summed E-state index contributed by atoms with van der Waals surface area (Å²) in [4.78, 5) is 11.6. The molecule has 94 valence electrons. The largest absolute Gasteiger partial charge is 0.508 e. The number of phenolic OH excluding ortho intramolecular Hbond substituents is 2. The van der Waals surface area contributed by atoms with E-state index in [1.165, 1.54) is 18.2 Å². The highest BCUT2D eigenvalue weighted by Crippen LogP contribution is 2.29. The van der Waals surface area contributed by atoms with E-state index in [1.54, 1.807) is 6.92 Å². The Morgan fingerprint density at radius 1 is 1.29 bits per heavy atom. The van der Waals surface area contributed by atoms with Crippen LogP contribution in [0.15, 0.2) is 18.2 Å². The van der Waals surface area contributed by atoms with Crippen LogP contribution in [0.4, 0.5) is 0 Å². The van der Waals surface area contributed by atoms with Gasteiger partial charge >= 0.3 is 0 Å². The first kappa shape index (κ1) is 13.3. The Labute approximate surface area is 100 Å². The van der Waals surface area contributed by atoms with Crippen molar-refractivity contribution in [1.29, 1.82) is 0 Å². The maximum Gasteiger partial charge on any atom is 0.242 e. The SMILES string of the molecule is CC(C)NC(C)(C(N)=O)c1cc(O)cc(O)c1. The monoisotopic (exact) mass is 238 g/mol. The molecule has 5 heteroatoms. The van der Waals surface area contributed by atoms with E-state index in [0.29, 0.717) is 5.56 Å². The Hall–Kier alpha value is -1.75. The lowest BCUT2D eigenvalue weighted by Gasteiger charge is -2.30. The Kier molecular flexibility index (Phi) is 3.63. The summed E-state index contributed by atoms with van der Waals surface area (Å²) < 4.78 is 0. The van der Waals surface area contributed by atoms with Crippen LogP contribution in [0.2, 0.25) is 0 Å². The minimum atomic E-state index is -1.13. The van der Waals surface area contributed by atoms with Crippen LogP contribution in [0.3, 0.4) is 0 Å². The predicted octanol–water partition coefficient (Wildman–Crippen LogP) is 0.796. The van der Waals surface area contributed by atoms with E-state index >= 15 is 0 Å². The van der Waals surface area contributed by atoms with E-state index in [2.05, 4.69) is 5.32 Å². The fraction of sp³-hybridized carbons (Fsp3) is 0.417. The normalized spacial score (nSPS) is 14.6. The molecule has 1 atom stereocenters. The number of carbonyl (C=O) groups is 1. The zero-order valence-corrected chi connectivity index (χ0v) is 10.2. The van der Waals surface area contributed by atoms with Gasteiger partial charge in [0.2, 0.25) is 5.91 Å². The molecule has 1 rings (SSSR count). The van der Waals surface area contributed by atoms with Gasteiger partial charge in [-0.2, -0.15) is 0 Å². The second-order valence-corrected chi connectivity index (χ2v) is 4.53. The number of hydrogen-bond donors (Lipinski definition) is 4. The van der Waals surface area contributed by atoms with Crippen LogP contribution >= 0.6 is 0 Å². The average molecular weight is 238 g/mol. The van der Waals surface area contributed by atoms with Crippen LogP contribution in [0.5, 0.6) is 11.5 Å². The van der Waals surface area contributed by atoms with Crippen LogP contribution in [-0.2, 0) is 10.3 Å². The average Bonchev–Trinajstić information content (AvgIpc) is 2.14. The third kappa shape index (κ3) is 2.88. The number of carbonyl (C=O) groups excluding carboxylic acids is 1. The van der Waals surface area contributed by atoms with Crippen molar-refractivity contribution in [2.24, 2.45) is 5.73 Å². The summed E-state index contributed by atoms with van der Waals surface area (Å²) in [5.74, 6) is -0.799. The van der Waals surface area contributed by atoms with Gasteiger partial charge in [0.1, 0.15) is 17.0 Å². The number of aromatic hydroxyl groups is 2. The first-order chi connectivity index (χ1) is 7.75. The minimum absolute atomic E-state index is 0.0250. The molecule has 1 amide bonds. The van der Waals surface area contributed by atoms with E-state index < -0.39 is 11.4 Å². The van der Waals surface area contributed by atoms with Crippen LogP contribution in [0, 0.1) is 0 Å². The highest BCUT2D eigenvalue weighted by atomic mass is 16.3. The lowest BCUT2D eigenvalue weighted by atomic mass is 9.90. The molecular formula is C12H18N2O3. The van der Waals surface area contributed by atoms with E-state index in [4.69, 9.17) is 5.73 Å². The minimum Gasteiger partial charge on any atom is -0.508 e. The number of benzene rings is 1. The maximum absolute atomic E-state index is 11.6. The molecule has 0 fully saturated rings. The topological polar surface area (TPSA) is 95.6 Å². The number of hydrogen-bond acceptors (Lipinski definition) is 4. The van der Waals surface area contributed by atoms with Crippen molar-refractivity contribution in [1.82, 2.24) is 5.32 Å². The molecule has 1 aromatic carbocycles. The summed E-state index contributed by atoms with van der Waals surface area (Å²) in [6.45, 7) is 5.37. The third-order valence-electron chi connectivity index (χ3n) is 2.55. The lowest BCUT2D eigenvalue weighted by molar-refractivity contribution is -0.124. The molecule has 0 aromatic heterocycles. The maximum atomic E-state index is 11.6. The van der Waals surface area contributed by atoms with E-state index in [9.17, 15) is 15.0 Å². The van der Waals surface area contributed by atoms with Crippen molar-refractivity contribution in [2.75, 3.05) is 0 Å². The Morgan fingerprint density at radius 2 is 1.76 bits per heavy atom. The van der Waals surface area contributed by atoms with Gasteiger partial charge in [0.25, 0.3) is 0 Å². The standard InChI is InChI=1S/C12H18N2O3/c1-7(2)14-12(3,11(13)17)8-4-9(15)6-10(16)5-8/h4-7,14-16H,1-3H3,(H2,13,17). The fourth-order valence-electron chi connectivity index (χ4n) is 1.76. The second-order valence-electron chi connectivity index (χ2n) is 4.53. The number of primary amides is 1. The number of rotatable bonds is 4. The summed E-state index contributed by atoms with van der Waals surface area (Å²) in [7, 11) is 0. The number of nitrogens with two attached hydrogens (primary N) is 1. The van der Waals surface area contributed by atoms with Crippen molar-refractivity contribution in [3.63, 3.8) is 0 Å². The molecule has 0 saturated carbocycles. The zero-order valence-electron chi connectivity index (χ0n) is 10.2. The summed E-state index contributed by atoms with van der Waals surface area (Å²) >= 11 is 0. The fourth-order valence-corrected chi connectivity index (χ4v) is 1.76. The molecule has 17 heavy (non-hydrogen) atoms. The summed E-state index contributed by atoms with van der Waals surface area (Å²) in [6.07, 6.45) is 0. The molecule has 0 heterocycles. The van der Waals surface area contributed by atoms with E-state index in [0.717, 1.165) is 0 Å². The highest BCUT2D eigenvalue weighted by Gasteiger charge is 2.34. The molecule has 0 radical (unpaired) electrons. The smallest absolute Gasteiger partial charge is 0.242 e.